The monoisotopic (exact) mass is 238 g/mol. The second kappa shape index (κ2) is 5.38. The molecule has 0 aliphatic carbocycles. The van der Waals surface area contributed by atoms with Crippen LogP contribution in [0.3, 0.4) is 0 Å². The van der Waals surface area contributed by atoms with E-state index in [0.29, 0.717) is 23.7 Å². The maximum atomic E-state index is 12.4. The zero-order valence-electron chi connectivity index (χ0n) is 11.4. The summed E-state index contributed by atoms with van der Waals surface area (Å²) in [5.41, 5.74) is 0. The molecule has 2 fully saturated rings. The fourth-order valence-corrected chi connectivity index (χ4v) is 3.11. The smallest absolute Gasteiger partial charge is 0.239 e. The Balaban J connectivity index is 1.92. The Kier molecular flexibility index (Phi) is 4.08. The Morgan fingerprint density at radius 3 is 2.71 bits per heavy atom. The van der Waals surface area contributed by atoms with E-state index in [9.17, 15) is 4.79 Å². The average molecular weight is 238 g/mol. The topological polar surface area (TPSA) is 32.3 Å². The molecule has 0 aromatic rings. The molecule has 2 heterocycles. The maximum absolute atomic E-state index is 12.4. The van der Waals surface area contributed by atoms with E-state index < -0.39 is 0 Å². The molecule has 0 bridgehead atoms. The highest BCUT2D eigenvalue weighted by atomic mass is 16.2. The molecule has 0 radical (unpaired) electrons. The van der Waals surface area contributed by atoms with E-state index in [1.807, 2.05) is 0 Å². The quantitative estimate of drug-likeness (QED) is 0.796. The highest BCUT2D eigenvalue weighted by Crippen LogP contribution is 2.26. The SMILES string of the molecule is CC(C)C1CCN(C(=O)C2NCCCC2C)C1. The second-order valence-electron chi connectivity index (χ2n) is 6.13. The number of hydrogen-bond donors (Lipinski definition) is 1. The molecule has 0 spiro atoms. The molecule has 2 aliphatic rings. The summed E-state index contributed by atoms with van der Waals surface area (Å²) in [7, 11) is 0. The number of carbonyl (C=O) groups is 1. The first kappa shape index (κ1) is 12.9. The molecule has 1 N–H and O–H groups in total. The Bertz CT molecular complexity index is 277. The van der Waals surface area contributed by atoms with Crippen LogP contribution in [0.25, 0.3) is 0 Å². The van der Waals surface area contributed by atoms with Crippen molar-refractivity contribution in [2.45, 2.75) is 46.1 Å². The molecule has 3 heteroatoms. The normalized spacial score (nSPS) is 34.4. The minimum Gasteiger partial charge on any atom is -0.341 e. The van der Waals surface area contributed by atoms with E-state index in [1.54, 1.807) is 0 Å². The van der Waals surface area contributed by atoms with Gasteiger partial charge in [0.05, 0.1) is 6.04 Å². The zero-order valence-corrected chi connectivity index (χ0v) is 11.4. The first-order valence-corrected chi connectivity index (χ1v) is 7.11. The standard InChI is InChI=1S/C14H26N2O/c1-10(2)12-6-8-16(9-12)14(17)13-11(3)5-4-7-15-13/h10-13,15H,4-9H2,1-3H3. The number of piperidine rings is 1. The predicted octanol–water partition coefficient (Wildman–Crippen LogP) is 1.88. The van der Waals surface area contributed by atoms with Crippen LogP contribution in [0, 0.1) is 17.8 Å². The van der Waals surface area contributed by atoms with Crippen molar-refractivity contribution in [2.24, 2.45) is 17.8 Å². The molecule has 0 saturated carbocycles. The highest BCUT2D eigenvalue weighted by Gasteiger charge is 2.35. The zero-order chi connectivity index (χ0) is 12.4. The molecule has 17 heavy (non-hydrogen) atoms. The van der Waals surface area contributed by atoms with Crippen LogP contribution >= 0.6 is 0 Å². The molecule has 0 aromatic heterocycles. The molecular weight excluding hydrogens is 212 g/mol. The third kappa shape index (κ3) is 2.82. The summed E-state index contributed by atoms with van der Waals surface area (Å²) >= 11 is 0. The van der Waals surface area contributed by atoms with Crippen LogP contribution in [0.5, 0.6) is 0 Å². The fraction of sp³-hybridized carbons (Fsp3) is 0.929. The molecule has 3 nitrogen and oxygen atoms in total. The second-order valence-corrected chi connectivity index (χ2v) is 6.13. The lowest BCUT2D eigenvalue weighted by molar-refractivity contribution is -0.134. The van der Waals surface area contributed by atoms with Gasteiger partial charge >= 0.3 is 0 Å². The van der Waals surface area contributed by atoms with Crippen molar-refractivity contribution in [1.82, 2.24) is 10.2 Å². The number of nitrogens with zero attached hydrogens (tertiary/aromatic N) is 1. The Morgan fingerprint density at radius 1 is 1.35 bits per heavy atom. The van der Waals surface area contributed by atoms with E-state index in [4.69, 9.17) is 0 Å². The number of carbonyl (C=O) groups excluding carboxylic acids is 1. The molecule has 1 amide bonds. The van der Waals surface area contributed by atoms with E-state index in [2.05, 4.69) is 31.0 Å². The van der Waals surface area contributed by atoms with Crippen LogP contribution in [0.4, 0.5) is 0 Å². The highest BCUT2D eigenvalue weighted by molar-refractivity contribution is 5.82. The molecule has 3 unspecified atom stereocenters. The summed E-state index contributed by atoms with van der Waals surface area (Å²) in [6.07, 6.45) is 3.58. The lowest BCUT2D eigenvalue weighted by atomic mass is 9.91. The number of amides is 1. The van der Waals surface area contributed by atoms with Crippen LogP contribution in [-0.4, -0.2) is 36.5 Å². The average Bonchev–Trinajstić information content (AvgIpc) is 2.78. The van der Waals surface area contributed by atoms with Gasteiger partial charge in [-0.05, 0) is 43.6 Å². The van der Waals surface area contributed by atoms with Gasteiger partial charge in [-0.25, -0.2) is 0 Å². The lowest BCUT2D eigenvalue weighted by Gasteiger charge is -2.32. The van der Waals surface area contributed by atoms with Crippen molar-refractivity contribution in [3.8, 4) is 0 Å². The van der Waals surface area contributed by atoms with Gasteiger partial charge in [0.2, 0.25) is 5.91 Å². The van der Waals surface area contributed by atoms with Crippen molar-refractivity contribution in [1.29, 1.82) is 0 Å². The van der Waals surface area contributed by atoms with Crippen LogP contribution in [-0.2, 0) is 4.79 Å². The molecule has 0 aromatic carbocycles. The van der Waals surface area contributed by atoms with E-state index >= 15 is 0 Å². The van der Waals surface area contributed by atoms with E-state index in [1.165, 1.54) is 19.3 Å². The number of nitrogens with one attached hydrogen (secondary N) is 1. The summed E-state index contributed by atoms with van der Waals surface area (Å²) < 4.78 is 0. The van der Waals surface area contributed by atoms with Gasteiger partial charge in [-0.1, -0.05) is 20.8 Å². The van der Waals surface area contributed by atoms with E-state index in [-0.39, 0.29) is 6.04 Å². The van der Waals surface area contributed by atoms with Gasteiger partial charge in [0, 0.05) is 13.1 Å². The molecular formula is C14H26N2O. The molecule has 3 atom stereocenters. The van der Waals surface area contributed by atoms with E-state index in [0.717, 1.165) is 19.6 Å². The van der Waals surface area contributed by atoms with Crippen molar-refractivity contribution in [2.75, 3.05) is 19.6 Å². The van der Waals surface area contributed by atoms with Gasteiger partial charge in [-0.3, -0.25) is 4.79 Å². The number of likely N-dealkylation sites (tertiary alicyclic amines) is 1. The summed E-state index contributed by atoms with van der Waals surface area (Å²) in [4.78, 5) is 14.5. The summed E-state index contributed by atoms with van der Waals surface area (Å²) in [6, 6.07) is 0.0784. The lowest BCUT2D eigenvalue weighted by Crippen LogP contribution is -2.51. The van der Waals surface area contributed by atoms with Crippen LogP contribution in [0.15, 0.2) is 0 Å². The molecule has 2 rings (SSSR count). The third-order valence-electron chi connectivity index (χ3n) is 4.51. The first-order chi connectivity index (χ1) is 8.09. The van der Waals surface area contributed by atoms with Crippen LogP contribution in [0.2, 0.25) is 0 Å². The molecule has 2 saturated heterocycles. The maximum Gasteiger partial charge on any atom is 0.239 e. The Labute approximate surface area is 105 Å². The molecule has 2 aliphatic heterocycles. The largest absolute Gasteiger partial charge is 0.341 e. The molecule has 98 valence electrons. The van der Waals surface area contributed by atoms with Gasteiger partial charge in [0.15, 0.2) is 0 Å². The van der Waals surface area contributed by atoms with Gasteiger partial charge in [0.1, 0.15) is 0 Å². The van der Waals surface area contributed by atoms with Crippen LogP contribution < -0.4 is 5.32 Å². The number of rotatable bonds is 2. The number of hydrogen-bond acceptors (Lipinski definition) is 2. The van der Waals surface area contributed by atoms with Gasteiger partial charge in [-0.15, -0.1) is 0 Å². The third-order valence-corrected chi connectivity index (χ3v) is 4.51. The predicted molar refractivity (Wildman–Crippen MR) is 69.7 cm³/mol. The van der Waals surface area contributed by atoms with Gasteiger partial charge < -0.3 is 10.2 Å². The minimum absolute atomic E-state index is 0.0784. The summed E-state index contributed by atoms with van der Waals surface area (Å²) in [6.45, 7) is 9.67. The summed E-state index contributed by atoms with van der Waals surface area (Å²) in [5, 5.41) is 3.40. The minimum atomic E-state index is 0.0784. The first-order valence-electron chi connectivity index (χ1n) is 7.11. The van der Waals surface area contributed by atoms with Gasteiger partial charge in [-0.2, -0.15) is 0 Å². The Hall–Kier alpha value is -0.570. The van der Waals surface area contributed by atoms with Crippen LogP contribution in [0.1, 0.15) is 40.0 Å². The fourth-order valence-electron chi connectivity index (χ4n) is 3.11. The summed E-state index contributed by atoms with van der Waals surface area (Å²) in [5.74, 6) is 2.25. The van der Waals surface area contributed by atoms with Gasteiger partial charge in [0.25, 0.3) is 0 Å². The van der Waals surface area contributed by atoms with Crippen molar-refractivity contribution in [3.63, 3.8) is 0 Å². The van der Waals surface area contributed by atoms with Crippen molar-refractivity contribution >= 4 is 5.91 Å². The van der Waals surface area contributed by atoms with Crippen molar-refractivity contribution < 1.29 is 4.79 Å². The Morgan fingerprint density at radius 2 is 2.12 bits per heavy atom. The van der Waals surface area contributed by atoms with Crippen molar-refractivity contribution in [3.05, 3.63) is 0 Å².